The number of unbranched alkanes of at least 4 members (excludes halogenated alkanes) is 10. The Morgan fingerprint density at radius 3 is 1.62 bits per heavy atom. The van der Waals surface area contributed by atoms with Crippen molar-refractivity contribution in [3.8, 4) is 0 Å². The first-order chi connectivity index (χ1) is 17.6. The number of ether oxygens (including phenoxy) is 2. The maximum Gasteiger partial charge on any atom is 1.00 e. The van der Waals surface area contributed by atoms with E-state index in [4.69, 9.17) is 14.6 Å². The molecule has 0 aliphatic heterocycles. The van der Waals surface area contributed by atoms with Crippen molar-refractivity contribution in [3.05, 3.63) is 35.9 Å². The predicted octanol–water partition coefficient (Wildman–Crippen LogP) is 0.0581. The van der Waals surface area contributed by atoms with Gasteiger partial charge in [0.2, 0.25) is 0 Å². The Balaban J connectivity index is -0.000000283. The smallest absolute Gasteiger partial charge is 1.00 e. The normalized spacial score (nSPS) is 11.1. The van der Waals surface area contributed by atoms with Crippen LogP contribution in [0.5, 0.6) is 0 Å². The van der Waals surface area contributed by atoms with Gasteiger partial charge in [0.1, 0.15) is 0 Å². The Labute approximate surface area is 281 Å². The van der Waals surface area contributed by atoms with Crippen LogP contribution in [0.3, 0.4) is 0 Å². The number of aromatic carboxylic acids is 1. The summed E-state index contributed by atoms with van der Waals surface area (Å²) in [5.41, 5.74) is 0.331. The van der Waals surface area contributed by atoms with Crippen molar-refractivity contribution >= 4 is 28.0 Å². The predicted molar refractivity (Wildman–Crippen MR) is 144 cm³/mol. The molecule has 0 saturated carbocycles. The maximum atomic E-state index is 12.0. The molecule has 12 heteroatoms. The summed E-state index contributed by atoms with van der Waals surface area (Å²) in [5, 5.41) is 6.46. The zero-order chi connectivity index (χ0) is 27.9. The van der Waals surface area contributed by atoms with Gasteiger partial charge in [-0.3, -0.25) is 14.1 Å². The van der Waals surface area contributed by atoms with Gasteiger partial charge in [0.15, 0.2) is 5.25 Å². The molecule has 2 N–H and O–H groups in total. The zero-order valence-electron chi connectivity index (χ0n) is 26.2. The first kappa shape index (κ1) is 43.0. The second-order valence-corrected chi connectivity index (χ2v) is 10.4. The molecule has 9 nitrogen and oxygen atoms in total. The molecule has 1 atom stereocenters. The second kappa shape index (κ2) is 27.7. The molecule has 0 aliphatic carbocycles. The van der Waals surface area contributed by atoms with E-state index in [1.54, 1.807) is 30.3 Å². The average molecular weight is 593 g/mol. The minimum atomic E-state index is -4.73. The van der Waals surface area contributed by atoms with E-state index >= 15 is 0 Å². The molecule has 0 aliphatic rings. The van der Waals surface area contributed by atoms with Gasteiger partial charge < -0.3 is 17.4 Å². The van der Waals surface area contributed by atoms with Crippen molar-refractivity contribution < 1.29 is 104 Å². The molecule has 39 heavy (non-hydrogen) atoms. The van der Waals surface area contributed by atoms with E-state index < -0.39 is 39.7 Å². The van der Waals surface area contributed by atoms with Gasteiger partial charge >= 0.3 is 77.0 Å². The van der Waals surface area contributed by atoms with Crippen LogP contribution in [0.1, 0.15) is 111 Å². The van der Waals surface area contributed by atoms with E-state index in [0.717, 1.165) is 57.8 Å². The van der Waals surface area contributed by atoms with Crippen LogP contribution in [0.15, 0.2) is 30.3 Å². The van der Waals surface area contributed by atoms with Gasteiger partial charge in [-0.05, 0) is 25.0 Å². The molecule has 0 heterocycles. The molecule has 1 unspecified atom stereocenters. The van der Waals surface area contributed by atoms with E-state index in [2.05, 4.69) is 13.8 Å². The summed E-state index contributed by atoms with van der Waals surface area (Å²) in [6.07, 6.45) is 11.3. The van der Waals surface area contributed by atoms with Crippen LogP contribution in [-0.4, -0.2) is 54.4 Å². The molecule has 0 fully saturated rings. The van der Waals surface area contributed by atoms with E-state index in [-0.39, 0.29) is 75.2 Å². The maximum absolute atomic E-state index is 12.0. The Morgan fingerprint density at radius 2 is 1.21 bits per heavy atom. The number of rotatable bonds is 19. The van der Waals surface area contributed by atoms with Crippen molar-refractivity contribution in [2.75, 3.05) is 13.2 Å². The SMILES string of the molecule is CCCCCCCCOC(=O)CC(C(=O)OCCCCCCCC)S(=O)(=O)O.O=C(O)c1ccccc1.[H-].[H-].[Na+].[Na+]. The number of benzene rings is 1. The van der Waals surface area contributed by atoms with Gasteiger partial charge in [0.25, 0.3) is 10.1 Å². The van der Waals surface area contributed by atoms with E-state index in [9.17, 15) is 27.4 Å². The Morgan fingerprint density at radius 1 is 0.769 bits per heavy atom. The molecular weight excluding hydrogens is 546 g/mol. The van der Waals surface area contributed by atoms with Gasteiger partial charge in [-0.15, -0.1) is 0 Å². The molecule has 0 amide bonds. The summed E-state index contributed by atoms with van der Waals surface area (Å²) in [7, 11) is -4.73. The largest absolute Gasteiger partial charge is 1.00 e. The van der Waals surface area contributed by atoms with Crippen LogP contribution in [0.25, 0.3) is 0 Å². The van der Waals surface area contributed by atoms with Gasteiger partial charge in [0.05, 0.1) is 25.2 Å². The number of carbonyl (C=O) groups excluding carboxylic acids is 2. The third-order valence-electron chi connectivity index (χ3n) is 5.50. The van der Waals surface area contributed by atoms with Crippen LogP contribution in [0, 0.1) is 0 Å². The minimum Gasteiger partial charge on any atom is -1.00 e. The van der Waals surface area contributed by atoms with Gasteiger partial charge in [-0.2, -0.15) is 8.42 Å². The summed E-state index contributed by atoms with van der Waals surface area (Å²) >= 11 is 0. The number of carbonyl (C=O) groups is 3. The molecule has 1 aromatic rings. The van der Waals surface area contributed by atoms with Crippen LogP contribution in [0.4, 0.5) is 0 Å². The molecule has 216 valence electrons. The summed E-state index contributed by atoms with van der Waals surface area (Å²) in [5.74, 6) is -2.81. The fourth-order valence-electron chi connectivity index (χ4n) is 3.32. The Hall–Kier alpha value is -0.460. The van der Waals surface area contributed by atoms with Crippen LogP contribution in [0.2, 0.25) is 0 Å². The number of esters is 2. The molecule has 0 radical (unpaired) electrons. The first-order valence-electron chi connectivity index (χ1n) is 13.2. The van der Waals surface area contributed by atoms with Gasteiger partial charge in [-0.25, -0.2) is 4.79 Å². The molecule has 1 rings (SSSR count). The fourth-order valence-corrected chi connectivity index (χ4v) is 3.98. The summed E-state index contributed by atoms with van der Waals surface area (Å²) in [6.45, 7) is 4.50. The van der Waals surface area contributed by atoms with E-state index in [1.165, 1.54) is 6.42 Å². The number of hydrogen-bond donors (Lipinski definition) is 2. The number of hydrogen-bond acceptors (Lipinski definition) is 7. The van der Waals surface area contributed by atoms with Crippen molar-refractivity contribution in [2.24, 2.45) is 0 Å². The Bertz CT molecular complexity index is 877. The summed E-state index contributed by atoms with van der Waals surface area (Å²) in [6, 6.07) is 8.30. The van der Waals surface area contributed by atoms with E-state index in [0.29, 0.717) is 18.4 Å². The average Bonchev–Trinajstić information content (AvgIpc) is 2.86. The summed E-state index contributed by atoms with van der Waals surface area (Å²) in [4.78, 5) is 34.0. The minimum absolute atomic E-state index is 0. The zero-order valence-corrected chi connectivity index (χ0v) is 29.0. The van der Waals surface area contributed by atoms with E-state index in [1.807, 2.05) is 0 Å². The first-order valence-corrected chi connectivity index (χ1v) is 14.7. The van der Waals surface area contributed by atoms with Crippen molar-refractivity contribution in [2.45, 2.75) is 103 Å². The molecule has 0 spiro atoms. The summed E-state index contributed by atoms with van der Waals surface area (Å²) < 4.78 is 42.0. The third kappa shape index (κ3) is 25.0. The van der Waals surface area contributed by atoms with Gasteiger partial charge in [-0.1, -0.05) is 96.3 Å². The van der Waals surface area contributed by atoms with Crippen LogP contribution in [-0.2, 0) is 29.2 Å². The third-order valence-corrected chi connectivity index (χ3v) is 6.58. The molecule has 0 bridgehead atoms. The second-order valence-electron chi connectivity index (χ2n) is 8.80. The van der Waals surface area contributed by atoms with Crippen LogP contribution >= 0.6 is 0 Å². The van der Waals surface area contributed by atoms with Crippen molar-refractivity contribution in [3.63, 3.8) is 0 Å². The fraction of sp³-hybridized carbons (Fsp3) is 0.667. The standard InChI is InChI=1S/C20H38O7S.C7H6O2.2Na.2H/c1-3-5-7-9-11-13-15-26-19(21)17-18(28(23,24)25)20(22)27-16-14-12-10-8-6-4-2;8-7(9)6-4-2-1-3-5-6;;;;/h18H,3-17H2,1-2H3,(H,23,24,25);1-5H,(H,8,9);;;;/q;;2*+1;2*-1. The van der Waals surface area contributed by atoms with Crippen molar-refractivity contribution in [1.82, 2.24) is 0 Å². The molecule has 1 aromatic carbocycles. The van der Waals surface area contributed by atoms with Gasteiger partial charge in [0, 0.05) is 0 Å². The number of carboxylic acid groups (broad SMARTS) is 1. The Kier molecular flexibility index (Phi) is 30.5. The molecule has 0 aromatic heterocycles. The number of carboxylic acids is 1. The quantitative estimate of drug-likeness (QED) is 0.0986. The van der Waals surface area contributed by atoms with Crippen LogP contribution < -0.4 is 59.1 Å². The van der Waals surface area contributed by atoms with Crippen molar-refractivity contribution in [1.29, 1.82) is 0 Å². The molecular formula is C27H46Na2O9S. The molecule has 0 saturated heterocycles. The monoisotopic (exact) mass is 592 g/mol. The topological polar surface area (TPSA) is 144 Å².